The third-order valence-electron chi connectivity index (χ3n) is 4.48. The number of carbonyl (C=O) groups is 1. The highest BCUT2D eigenvalue weighted by Gasteiger charge is 2.32. The molecule has 1 saturated heterocycles. The molecule has 2 aromatic rings. The van der Waals surface area contributed by atoms with Crippen LogP contribution in [0, 0.1) is 11.6 Å². The van der Waals surface area contributed by atoms with Gasteiger partial charge in [0.05, 0.1) is 11.4 Å². The Balaban J connectivity index is 1.43. The molecule has 0 atom stereocenters. The van der Waals surface area contributed by atoms with E-state index in [0.717, 1.165) is 62.9 Å². The predicted molar refractivity (Wildman–Crippen MR) is 95.5 cm³/mol. The Hall–Kier alpha value is -2.16. The summed E-state index contributed by atoms with van der Waals surface area (Å²) in [7, 11) is 0. The highest BCUT2D eigenvalue weighted by atomic mass is 32.2. The molecule has 2 fully saturated rings. The van der Waals surface area contributed by atoms with Crippen LogP contribution in [0.2, 0.25) is 0 Å². The van der Waals surface area contributed by atoms with Gasteiger partial charge in [0.25, 0.3) is 0 Å². The number of hydrogen-bond donors (Lipinski definition) is 1. The molecule has 1 saturated carbocycles. The van der Waals surface area contributed by atoms with Gasteiger partial charge in [0.15, 0.2) is 5.16 Å². The van der Waals surface area contributed by atoms with Gasteiger partial charge in [-0.3, -0.25) is 9.36 Å². The second-order valence-electron chi connectivity index (χ2n) is 6.54. The summed E-state index contributed by atoms with van der Waals surface area (Å²) in [5, 5.41) is 11.7. The number of anilines is 2. The highest BCUT2D eigenvalue weighted by molar-refractivity contribution is 7.99. The van der Waals surface area contributed by atoms with Crippen LogP contribution in [0.5, 0.6) is 0 Å². The Labute approximate surface area is 154 Å². The summed E-state index contributed by atoms with van der Waals surface area (Å²) in [5.74, 6) is -0.738. The summed E-state index contributed by atoms with van der Waals surface area (Å²) >= 11 is 1.27. The minimum Gasteiger partial charge on any atom is -0.341 e. The molecule has 26 heavy (non-hydrogen) atoms. The van der Waals surface area contributed by atoms with E-state index < -0.39 is 17.5 Å². The van der Waals surface area contributed by atoms with Crippen LogP contribution in [-0.2, 0) is 4.79 Å². The molecule has 1 N–H and O–H groups in total. The Morgan fingerprint density at radius 3 is 2.73 bits per heavy atom. The molecule has 1 aliphatic carbocycles. The average molecular weight is 379 g/mol. The topological polar surface area (TPSA) is 63.1 Å². The van der Waals surface area contributed by atoms with Crippen LogP contribution < -0.4 is 10.2 Å². The number of nitrogens with zero attached hydrogens (tertiary/aromatic N) is 4. The molecular formula is C17H19F2N5OS. The molecule has 0 spiro atoms. The summed E-state index contributed by atoms with van der Waals surface area (Å²) in [6, 6.07) is 3.37. The molecule has 2 heterocycles. The smallest absolute Gasteiger partial charge is 0.234 e. The fraction of sp³-hybridized carbons (Fsp3) is 0.471. The lowest BCUT2D eigenvalue weighted by molar-refractivity contribution is -0.113. The van der Waals surface area contributed by atoms with E-state index in [0.29, 0.717) is 11.2 Å². The molecule has 6 nitrogen and oxygen atoms in total. The molecule has 9 heteroatoms. The van der Waals surface area contributed by atoms with Gasteiger partial charge in [0, 0.05) is 25.2 Å². The molecule has 4 rings (SSSR count). The minimum atomic E-state index is -0.665. The van der Waals surface area contributed by atoms with Crippen molar-refractivity contribution in [2.24, 2.45) is 0 Å². The van der Waals surface area contributed by atoms with Crippen LogP contribution >= 0.6 is 11.8 Å². The summed E-state index contributed by atoms with van der Waals surface area (Å²) in [6.45, 7) is 1.96. The maximum absolute atomic E-state index is 13.6. The first-order chi connectivity index (χ1) is 12.6. The molecule has 0 bridgehead atoms. The number of benzene rings is 1. The zero-order valence-corrected chi connectivity index (χ0v) is 14.9. The number of carbonyl (C=O) groups excluding carboxylic acids is 1. The number of nitrogens with one attached hydrogen (secondary N) is 1. The van der Waals surface area contributed by atoms with Crippen molar-refractivity contribution < 1.29 is 13.6 Å². The first-order valence-corrected chi connectivity index (χ1v) is 9.68. The van der Waals surface area contributed by atoms with Crippen LogP contribution in [0.4, 0.5) is 20.4 Å². The van der Waals surface area contributed by atoms with Crippen molar-refractivity contribution in [3.05, 3.63) is 29.8 Å². The quantitative estimate of drug-likeness (QED) is 0.781. The summed E-state index contributed by atoms with van der Waals surface area (Å²) in [5.41, 5.74) is -0.156. The van der Waals surface area contributed by atoms with Crippen LogP contribution in [0.3, 0.4) is 0 Å². The zero-order chi connectivity index (χ0) is 18.1. The fourth-order valence-electron chi connectivity index (χ4n) is 3.06. The van der Waals surface area contributed by atoms with E-state index in [2.05, 4.69) is 25.0 Å². The van der Waals surface area contributed by atoms with E-state index in [1.165, 1.54) is 11.8 Å². The Kier molecular flexibility index (Phi) is 4.80. The van der Waals surface area contributed by atoms with E-state index in [1.54, 1.807) is 0 Å². The SMILES string of the molecule is O=C(CSc1nnc(N2CCCC2)n1C1CC1)Nc1cc(F)ccc1F. The van der Waals surface area contributed by atoms with E-state index >= 15 is 0 Å². The first-order valence-electron chi connectivity index (χ1n) is 8.69. The van der Waals surface area contributed by atoms with Crippen molar-refractivity contribution in [3.63, 3.8) is 0 Å². The van der Waals surface area contributed by atoms with Gasteiger partial charge in [0.1, 0.15) is 11.6 Å². The number of hydrogen-bond acceptors (Lipinski definition) is 5. The van der Waals surface area contributed by atoms with Gasteiger partial charge >= 0.3 is 0 Å². The normalized spacial score (nSPS) is 16.9. The van der Waals surface area contributed by atoms with Gasteiger partial charge in [-0.1, -0.05) is 11.8 Å². The maximum atomic E-state index is 13.6. The lowest BCUT2D eigenvalue weighted by Crippen LogP contribution is -2.22. The van der Waals surface area contributed by atoms with Crippen LogP contribution in [0.1, 0.15) is 31.7 Å². The zero-order valence-electron chi connectivity index (χ0n) is 14.1. The first kappa shape index (κ1) is 17.3. The second kappa shape index (κ2) is 7.22. The predicted octanol–water partition coefficient (Wildman–Crippen LogP) is 3.22. The fourth-order valence-corrected chi connectivity index (χ4v) is 3.86. The molecule has 138 valence electrons. The van der Waals surface area contributed by atoms with Crippen molar-refractivity contribution in [2.75, 3.05) is 29.1 Å². The Bertz CT molecular complexity index is 817. The summed E-state index contributed by atoms with van der Waals surface area (Å²) < 4.78 is 28.9. The summed E-state index contributed by atoms with van der Waals surface area (Å²) in [6.07, 6.45) is 4.49. The molecule has 1 aliphatic heterocycles. The molecule has 0 radical (unpaired) electrons. The second-order valence-corrected chi connectivity index (χ2v) is 7.48. The van der Waals surface area contributed by atoms with E-state index in [1.807, 2.05) is 0 Å². The third kappa shape index (κ3) is 3.67. The monoisotopic (exact) mass is 379 g/mol. The lowest BCUT2D eigenvalue weighted by atomic mass is 10.3. The average Bonchev–Trinajstić information content (AvgIpc) is 3.15. The standard InChI is InChI=1S/C17H19F2N5OS/c18-11-3-6-13(19)14(9-11)20-15(25)10-26-17-22-21-16(23-7-1-2-8-23)24(17)12-4-5-12/h3,6,9,12H,1-2,4-5,7-8,10H2,(H,20,25). The van der Waals surface area contributed by atoms with Gasteiger partial charge in [-0.05, 0) is 37.8 Å². The number of thioether (sulfide) groups is 1. The van der Waals surface area contributed by atoms with Crippen LogP contribution in [0.25, 0.3) is 0 Å². The van der Waals surface area contributed by atoms with Crippen molar-refractivity contribution >= 4 is 29.3 Å². The number of rotatable bonds is 6. The van der Waals surface area contributed by atoms with E-state index in [-0.39, 0.29) is 11.4 Å². The molecular weight excluding hydrogens is 360 g/mol. The Morgan fingerprint density at radius 2 is 2.00 bits per heavy atom. The number of aromatic nitrogens is 3. The molecule has 2 aliphatic rings. The number of halogens is 2. The minimum absolute atomic E-state index is 0.0564. The van der Waals surface area contributed by atoms with Crippen LogP contribution in [0.15, 0.2) is 23.4 Å². The van der Waals surface area contributed by atoms with Crippen molar-refractivity contribution in [1.29, 1.82) is 0 Å². The lowest BCUT2D eigenvalue weighted by Gasteiger charge is -2.17. The van der Waals surface area contributed by atoms with Gasteiger partial charge in [-0.25, -0.2) is 8.78 Å². The van der Waals surface area contributed by atoms with Crippen molar-refractivity contribution in [2.45, 2.75) is 36.9 Å². The van der Waals surface area contributed by atoms with Gasteiger partial charge < -0.3 is 10.2 Å². The Morgan fingerprint density at radius 1 is 1.23 bits per heavy atom. The summed E-state index contributed by atoms with van der Waals surface area (Å²) in [4.78, 5) is 14.4. The third-order valence-corrected chi connectivity index (χ3v) is 5.43. The maximum Gasteiger partial charge on any atom is 0.234 e. The highest BCUT2D eigenvalue weighted by Crippen LogP contribution is 2.41. The molecule has 0 unspecified atom stereocenters. The van der Waals surface area contributed by atoms with Crippen molar-refractivity contribution in [1.82, 2.24) is 14.8 Å². The van der Waals surface area contributed by atoms with Crippen molar-refractivity contribution in [3.8, 4) is 0 Å². The molecule has 1 amide bonds. The number of amides is 1. The molecule has 1 aromatic heterocycles. The largest absolute Gasteiger partial charge is 0.341 e. The van der Waals surface area contributed by atoms with Gasteiger partial charge in [-0.15, -0.1) is 10.2 Å². The van der Waals surface area contributed by atoms with Gasteiger partial charge in [-0.2, -0.15) is 0 Å². The molecule has 1 aromatic carbocycles. The van der Waals surface area contributed by atoms with Gasteiger partial charge in [0.2, 0.25) is 11.9 Å². The van der Waals surface area contributed by atoms with E-state index in [9.17, 15) is 13.6 Å². The van der Waals surface area contributed by atoms with E-state index in [4.69, 9.17) is 0 Å². The van der Waals surface area contributed by atoms with Crippen LogP contribution in [-0.4, -0.2) is 39.5 Å².